The molecule has 0 fully saturated rings. The molecule has 2 N–H and O–H groups in total. The molecule has 0 aliphatic heterocycles. The lowest BCUT2D eigenvalue weighted by Crippen LogP contribution is -2.30. The van der Waals surface area contributed by atoms with E-state index in [1.54, 1.807) is 6.07 Å². The SMILES string of the molecule is COc1ccc(C(=O)O[C@@H](C)C(=O)Nc2ccc(S(=O)(=O)Nc3ncccn3)cc2)c(F)c1. The number of sulfonamides is 1. The second-order valence-corrected chi connectivity index (χ2v) is 8.27. The Morgan fingerprint density at radius 2 is 1.73 bits per heavy atom. The molecule has 1 aromatic heterocycles. The third-order valence-electron chi connectivity index (χ3n) is 4.27. The number of amides is 1. The van der Waals surface area contributed by atoms with Crippen molar-refractivity contribution in [1.29, 1.82) is 0 Å². The number of halogens is 1. The van der Waals surface area contributed by atoms with E-state index in [-0.39, 0.29) is 27.8 Å². The van der Waals surface area contributed by atoms with E-state index in [9.17, 15) is 22.4 Å². The van der Waals surface area contributed by atoms with Gasteiger partial charge in [-0.05, 0) is 49.4 Å². The summed E-state index contributed by atoms with van der Waals surface area (Å²) in [6.45, 7) is 1.32. The molecular weight excluding hydrogens is 455 g/mol. The maximum Gasteiger partial charge on any atom is 0.341 e. The topological polar surface area (TPSA) is 137 Å². The molecule has 0 saturated carbocycles. The smallest absolute Gasteiger partial charge is 0.341 e. The van der Waals surface area contributed by atoms with E-state index in [0.717, 1.165) is 6.07 Å². The summed E-state index contributed by atoms with van der Waals surface area (Å²) in [6.07, 6.45) is 1.53. The van der Waals surface area contributed by atoms with E-state index in [1.807, 2.05) is 0 Å². The Balaban J connectivity index is 1.61. The number of hydrogen-bond acceptors (Lipinski definition) is 8. The molecule has 0 bridgehead atoms. The molecule has 3 aromatic rings. The number of nitrogens with zero attached hydrogens (tertiary/aromatic N) is 2. The fourth-order valence-corrected chi connectivity index (χ4v) is 3.52. The number of ether oxygens (including phenoxy) is 2. The van der Waals surface area contributed by atoms with Crippen molar-refractivity contribution < 1.29 is 31.9 Å². The first-order valence-corrected chi connectivity index (χ1v) is 10.9. The molecule has 0 spiro atoms. The van der Waals surface area contributed by atoms with Crippen molar-refractivity contribution >= 4 is 33.5 Å². The third-order valence-corrected chi connectivity index (χ3v) is 5.62. The lowest BCUT2D eigenvalue weighted by atomic mass is 10.2. The Morgan fingerprint density at radius 1 is 1.06 bits per heavy atom. The molecule has 2 aromatic carbocycles. The summed E-state index contributed by atoms with van der Waals surface area (Å²) in [6, 6.07) is 10.4. The molecule has 10 nitrogen and oxygen atoms in total. The van der Waals surface area contributed by atoms with Gasteiger partial charge in [0, 0.05) is 24.1 Å². The summed E-state index contributed by atoms with van der Waals surface area (Å²) in [5, 5.41) is 2.49. The van der Waals surface area contributed by atoms with Crippen LogP contribution in [0.1, 0.15) is 17.3 Å². The zero-order chi connectivity index (χ0) is 24.0. The monoisotopic (exact) mass is 474 g/mol. The molecule has 0 aliphatic rings. The number of methoxy groups -OCH3 is 1. The number of hydrogen-bond donors (Lipinski definition) is 2. The molecule has 0 aliphatic carbocycles. The van der Waals surface area contributed by atoms with Gasteiger partial charge in [0.1, 0.15) is 11.6 Å². The maximum absolute atomic E-state index is 14.0. The van der Waals surface area contributed by atoms with Crippen LogP contribution in [-0.4, -0.2) is 43.5 Å². The molecule has 0 unspecified atom stereocenters. The lowest BCUT2D eigenvalue weighted by molar-refractivity contribution is -0.123. The summed E-state index contributed by atoms with van der Waals surface area (Å²) in [7, 11) is -2.58. The van der Waals surface area contributed by atoms with Crippen LogP contribution in [0.5, 0.6) is 5.75 Å². The molecule has 172 valence electrons. The van der Waals surface area contributed by atoms with Gasteiger partial charge in [0.25, 0.3) is 15.9 Å². The predicted molar refractivity (Wildman–Crippen MR) is 116 cm³/mol. The van der Waals surface area contributed by atoms with E-state index in [0.29, 0.717) is 0 Å². The Kier molecular flexibility index (Phi) is 7.18. The number of esters is 1. The van der Waals surface area contributed by atoms with Crippen LogP contribution in [-0.2, 0) is 19.6 Å². The van der Waals surface area contributed by atoms with Crippen LogP contribution in [0.25, 0.3) is 0 Å². The number of rotatable bonds is 8. The van der Waals surface area contributed by atoms with Crippen LogP contribution in [0.2, 0.25) is 0 Å². The minimum absolute atomic E-state index is 0.0811. The third kappa shape index (κ3) is 6.01. The van der Waals surface area contributed by atoms with Gasteiger partial charge in [-0.15, -0.1) is 0 Å². The predicted octanol–water partition coefficient (Wildman–Crippen LogP) is 2.61. The second kappa shape index (κ2) is 10.0. The molecule has 33 heavy (non-hydrogen) atoms. The van der Waals surface area contributed by atoms with Gasteiger partial charge in [-0.3, -0.25) is 4.79 Å². The van der Waals surface area contributed by atoms with Gasteiger partial charge in [-0.1, -0.05) is 0 Å². The number of aromatic nitrogens is 2. The Hall–Kier alpha value is -4.06. The van der Waals surface area contributed by atoms with Gasteiger partial charge in [0.05, 0.1) is 17.6 Å². The summed E-state index contributed by atoms with van der Waals surface area (Å²) in [4.78, 5) is 32.0. The minimum atomic E-state index is -3.93. The van der Waals surface area contributed by atoms with Crippen molar-refractivity contribution in [3.8, 4) is 5.75 Å². The highest BCUT2D eigenvalue weighted by molar-refractivity contribution is 7.92. The van der Waals surface area contributed by atoms with E-state index in [4.69, 9.17) is 9.47 Å². The highest BCUT2D eigenvalue weighted by Crippen LogP contribution is 2.19. The van der Waals surface area contributed by atoms with Crippen LogP contribution >= 0.6 is 0 Å². The lowest BCUT2D eigenvalue weighted by Gasteiger charge is -2.14. The van der Waals surface area contributed by atoms with Crippen molar-refractivity contribution in [2.75, 3.05) is 17.1 Å². The van der Waals surface area contributed by atoms with Crippen LogP contribution in [0.3, 0.4) is 0 Å². The first kappa shape index (κ1) is 23.6. The van der Waals surface area contributed by atoms with Gasteiger partial charge >= 0.3 is 5.97 Å². The number of benzene rings is 2. The van der Waals surface area contributed by atoms with Crippen molar-refractivity contribution in [3.05, 3.63) is 72.3 Å². The van der Waals surface area contributed by atoms with E-state index >= 15 is 0 Å². The summed E-state index contributed by atoms with van der Waals surface area (Å²) in [5.74, 6) is -2.42. The largest absolute Gasteiger partial charge is 0.497 e. The second-order valence-electron chi connectivity index (χ2n) is 6.58. The van der Waals surface area contributed by atoms with Gasteiger partial charge in [-0.2, -0.15) is 0 Å². The average molecular weight is 474 g/mol. The van der Waals surface area contributed by atoms with Gasteiger partial charge in [0.15, 0.2) is 6.10 Å². The number of anilines is 2. The molecular formula is C21H19FN4O6S. The summed E-state index contributed by atoms with van der Waals surface area (Å²) >= 11 is 0. The Morgan fingerprint density at radius 3 is 2.33 bits per heavy atom. The van der Waals surface area contributed by atoms with Gasteiger partial charge in [0.2, 0.25) is 5.95 Å². The standard InChI is InChI=1S/C21H19FN4O6S/c1-13(32-20(28)17-9-6-15(31-2)12-18(17)22)19(27)25-14-4-7-16(8-5-14)33(29,30)26-21-23-10-3-11-24-21/h3-13H,1-2H3,(H,25,27)(H,23,24,26)/t13-/m0/s1. The zero-order valence-electron chi connectivity index (χ0n) is 17.5. The number of nitrogens with one attached hydrogen (secondary N) is 2. The van der Waals surface area contributed by atoms with Crippen LogP contribution in [0.4, 0.5) is 16.0 Å². The van der Waals surface area contributed by atoms with Crippen molar-refractivity contribution in [1.82, 2.24) is 9.97 Å². The number of carbonyl (C=O) groups is 2. The number of carbonyl (C=O) groups excluding carboxylic acids is 2. The average Bonchev–Trinajstić information content (AvgIpc) is 2.79. The quantitative estimate of drug-likeness (QED) is 0.476. The van der Waals surface area contributed by atoms with Crippen molar-refractivity contribution in [2.24, 2.45) is 0 Å². The first-order chi connectivity index (χ1) is 15.7. The van der Waals surface area contributed by atoms with Crippen molar-refractivity contribution in [2.45, 2.75) is 17.9 Å². The maximum atomic E-state index is 14.0. The van der Waals surface area contributed by atoms with Crippen LogP contribution < -0.4 is 14.8 Å². The van der Waals surface area contributed by atoms with Crippen LogP contribution in [0.15, 0.2) is 65.8 Å². The normalized spacial score (nSPS) is 11.8. The molecule has 3 rings (SSSR count). The minimum Gasteiger partial charge on any atom is -0.497 e. The fraction of sp³-hybridized carbons (Fsp3) is 0.143. The van der Waals surface area contributed by atoms with Crippen LogP contribution in [0, 0.1) is 5.82 Å². The van der Waals surface area contributed by atoms with Gasteiger partial charge in [-0.25, -0.2) is 32.3 Å². The van der Waals surface area contributed by atoms with E-state index in [1.165, 1.54) is 62.8 Å². The van der Waals surface area contributed by atoms with Gasteiger partial charge < -0.3 is 14.8 Å². The summed E-state index contributed by atoms with van der Waals surface area (Å²) in [5.41, 5.74) is -0.0895. The molecule has 0 saturated heterocycles. The van der Waals surface area contributed by atoms with Crippen molar-refractivity contribution in [3.63, 3.8) is 0 Å². The fourth-order valence-electron chi connectivity index (χ4n) is 2.56. The van der Waals surface area contributed by atoms with E-state index < -0.39 is 33.8 Å². The first-order valence-electron chi connectivity index (χ1n) is 9.45. The highest BCUT2D eigenvalue weighted by atomic mass is 32.2. The zero-order valence-corrected chi connectivity index (χ0v) is 18.3. The Labute approximate surface area is 188 Å². The Bertz CT molecular complexity index is 1250. The van der Waals surface area contributed by atoms with E-state index in [2.05, 4.69) is 20.0 Å². The molecule has 1 atom stereocenters. The molecule has 1 amide bonds. The molecule has 12 heteroatoms. The summed E-state index contributed by atoms with van der Waals surface area (Å²) < 4.78 is 50.9. The molecule has 1 heterocycles. The highest BCUT2D eigenvalue weighted by Gasteiger charge is 2.22. The molecule has 0 radical (unpaired) electrons.